The highest BCUT2D eigenvalue weighted by atomic mass is 32.2. The molecule has 1 unspecified atom stereocenters. The molecule has 0 aromatic heterocycles. The van der Waals surface area contributed by atoms with Crippen LogP contribution in [0.25, 0.3) is 0 Å². The lowest BCUT2D eigenvalue weighted by atomic mass is 10.1. The van der Waals surface area contributed by atoms with Crippen molar-refractivity contribution in [3.05, 3.63) is 35.4 Å². The first-order valence-corrected chi connectivity index (χ1v) is 5.49. The zero-order valence-corrected chi connectivity index (χ0v) is 8.75. The third-order valence-electron chi connectivity index (χ3n) is 1.77. The highest BCUT2D eigenvalue weighted by Gasteiger charge is 1.96. The van der Waals surface area contributed by atoms with Crippen molar-refractivity contribution >= 4 is 17.1 Å². The molecule has 0 aliphatic heterocycles. The van der Waals surface area contributed by atoms with E-state index >= 15 is 0 Å². The second kappa shape index (κ2) is 5.47. The van der Waals surface area contributed by atoms with Gasteiger partial charge in [0.05, 0.1) is 0 Å². The zero-order valence-electron chi connectivity index (χ0n) is 7.93. The van der Waals surface area contributed by atoms with Crippen molar-refractivity contribution in [3.63, 3.8) is 0 Å². The molecule has 1 aromatic carbocycles. The first kappa shape index (κ1) is 11.7. The molecule has 1 aromatic rings. The van der Waals surface area contributed by atoms with Crippen LogP contribution in [0.2, 0.25) is 0 Å². The fourth-order valence-electron chi connectivity index (χ4n) is 1.08. The number of carbonyl (C=O) groups excluding carboxylic acids is 1. The van der Waals surface area contributed by atoms with Crippen molar-refractivity contribution in [2.45, 2.75) is 12.3 Å². The van der Waals surface area contributed by atoms with E-state index in [1.54, 1.807) is 24.3 Å². The van der Waals surface area contributed by atoms with Crippen LogP contribution in [0.3, 0.4) is 0 Å². The Morgan fingerprint density at radius 2 is 1.87 bits per heavy atom. The van der Waals surface area contributed by atoms with Gasteiger partial charge in [0.15, 0.2) is 0 Å². The van der Waals surface area contributed by atoms with Gasteiger partial charge < -0.3 is 15.6 Å². The molecule has 82 valence electrons. The molecular formula is C9H11N2O3S-. The van der Waals surface area contributed by atoms with Crippen LogP contribution in [0, 0.1) is 0 Å². The monoisotopic (exact) mass is 227 g/mol. The van der Waals surface area contributed by atoms with Gasteiger partial charge >= 0.3 is 6.03 Å². The van der Waals surface area contributed by atoms with Crippen LogP contribution in [0.1, 0.15) is 11.1 Å². The molecule has 0 aliphatic rings. The molecule has 0 spiro atoms. The summed E-state index contributed by atoms with van der Waals surface area (Å²) in [5, 5.41) is 2.44. The van der Waals surface area contributed by atoms with Gasteiger partial charge in [0.25, 0.3) is 0 Å². The number of nitrogens with two attached hydrogens (primary N) is 1. The molecule has 0 heterocycles. The number of hydrogen-bond acceptors (Lipinski definition) is 3. The Bertz CT molecular complexity index is 364. The average Bonchev–Trinajstić information content (AvgIpc) is 2.16. The highest BCUT2D eigenvalue weighted by Crippen LogP contribution is 2.05. The van der Waals surface area contributed by atoms with E-state index in [-0.39, 0.29) is 5.75 Å². The van der Waals surface area contributed by atoms with Crippen molar-refractivity contribution < 1.29 is 13.6 Å². The lowest BCUT2D eigenvalue weighted by molar-refractivity contribution is 0.248. The Labute approximate surface area is 90.0 Å². The Balaban J connectivity index is 2.56. The maximum Gasteiger partial charge on any atom is 0.312 e. The molecule has 3 N–H and O–H groups in total. The van der Waals surface area contributed by atoms with E-state index < -0.39 is 17.1 Å². The second-order valence-corrected chi connectivity index (χ2v) is 3.88. The largest absolute Gasteiger partial charge is 0.772 e. The molecular weight excluding hydrogens is 216 g/mol. The van der Waals surface area contributed by atoms with E-state index in [1.165, 1.54) is 0 Å². The maximum atomic E-state index is 10.4. The summed E-state index contributed by atoms with van der Waals surface area (Å²) < 4.78 is 20.8. The molecule has 2 amide bonds. The minimum Gasteiger partial charge on any atom is -0.772 e. The number of hydrogen-bond donors (Lipinski definition) is 2. The normalized spacial score (nSPS) is 12.1. The first-order chi connectivity index (χ1) is 7.08. The van der Waals surface area contributed by atoms with Crippen LogP contribution < -0.4 is 11.1 Å². The third kappa shape index (κ3) is 4.57. The fourth-order valence-corrected chi connectivity index (χ4v) is 1.54. The summed E-state index contributed by atoms with van der Waals surface area (Å²) in [6.07, 6.45) is 0. The zero-order chi connectivity index (χ0) is 11.3. The minimum atomic E-state index is -2.07. The fraction of sp³-hybridized carbons (Fsp3) is 0.222. The van der Waals surface area contributed by atoms with Crippen LogP contribution >= 0.6 is 0 Å². The van der Waals surface area contributed by atoms with Gasteiger partial charge in [0.1, 0.15) is 0 Å². The maximum absolute atomic E-state index is 10.4. The molecule has 6 heteroatoms. The Hall–Kier alpha value is -1.40. The van der Waals surface area contributed by atoms with Crippen LogP contribution in [0.4, 0.5) is 4.79 Å². The van der Waals surface area contributed by atoms with Gasteiger partial charge in [-0.1, -0.05) is 35.3 Å². The molecule has 1 rings (SSSR count). The van der Waals surface area contributed by atoms with Crippen LogP contribution in [0.5, 0.6) is 0 Å². The van der Waals surface area contributed by atoms with E-state index in [2.05, 4.69) is 5.32 Å². The molecule has 0 saturated heterocycles. The number of rotatable bonds is 4. The van der Waals surface area contributed by atoms with Gasteiger partial charge in [-0.2, -0.15) is 0 Å². The van der Waals surface area contributed by atoms with Gasteiger partial charge in [0, 0.05) is 12.3 Å². The standard InChI is InChI=1S/C9H12N2O3S/c10-9(12)11-5-7-1-3-8(4-2-7)6-15(13)14/h1-4H,5-6H2,(H,13,14)(H3,10,11,12)/p-1. The molecule has 0 saturated carbocycles. The minimum absolute atomic E-state index is 0.00350. The molecule has 0 bridgehead atoms. The van der Waals surface area contributed by atoms with Gasteiger partial charge in [-0.15, -0.1) is 0 Å². The summed E-state index contributed by atoms with van der Waals surface area (Å²) in [4.78, 5) is 10.4. The van der Waals surface area contributed by atoms with Crippen molar-refractivity contribution in [1.82, 2.24) is 5.32 Å². The number of benzene rings is 1. The van der Waals surface area contributed by atoms with E-state index in [9.17, 15) is 13.6 Å². The first-order valence-electron chi connectivity index (χ1n) is 4.25. The van der Waals surface area contributed by atoms with E-state index in [0.717, 1.165) is 5.56 Å². The van der Waals surface area contributed by atoms with Gasteiger partial charge in [-0.25, -0.2) is 4.79 Å². The quantitative estimate of drug-likeness (QED) is 0.721. The summed E-state index contributed by atoms with van der Waals surface area (Å²) in [6.45, 7) is 0.343. The molecule has 0 radical (unpaired) electrons. The van der Waals surface area contributed by atoms with Gasteiger partial charge in [-0.05, 0) is 11.1 Å². The SMILES string of the molecule is NC(=O)NCc1ccc(CS(=O)[O-])cc1. The van der Waals surface area contributed by atoms with Crippen LogP contribution in [-0.2, 0) is 23.4 Å². The van der Waals surface area contributed by atoms with E-state index in [4.69, 9.17) is 5.73 Å². The summed E-state index contributed by atoms with van der Waals surface area (Å²) in [6, 6.07) is 6.32. The lowest BCUT2D eigenvalue weighted by Crippen LogP contribution is -2.28. The number of carbonyl (C=O) groups is 1. The molecule has 5 nitrogen and oxygen atoms in total. The Morgan fingerprint density at radius 3 is 2.33 bits per heavy atom. The number of primary amides is 1. The summed E-state index contributed by atoms with van der Waals surface area (Å²) in [5.74, 6) is 0.00350. The molecule has 1 atom stereocenters. The molecule has 0 aliphatic carbocycles. The predicted molar refractivity (Wildman–Crippen MR) is 55.5 cm³/mol. The van der Waals surface area contributed by atoms with Crippen molar-refractivity contribution in [1.29, 1.82) is 0 Å². The number of nitrogens with one attached hydrogen (secondary N) is 1. The lowest BCUT2D eigenvalue weighted by Gasteiger charge is -2.06. The summed E-state index contributed by atoms with van der Waals surface area (Å²) >= 11 is -2.07. The molecule has 0 fully saturated rings. The smallest absolute Gasteiger partial charge is 0.312 e. The number of urea groups is 1. The van der Waals surface area contributed by atoms with Crippen LogP contribution in [-0.4, -0.2) is 14.8 Å². The second-order valence-electron chi connectivity index (χ2n) is 2.98. The highest BCUT2D eigenvalue weighted by molar-refractivity contribution is 7.78. The summed E-state index contributed by atoms with van der Waals surface area (Å²) in [7, 11) is 0. The molecule has 15 heavy (non-hydrogen) atoms. The average molecular weight is 227 g/mol. The predicted octanol–water partition coefficient (Wildman–Crippen LogP) is 0.234. The summed E-state index contributed by atoms with van der Waals surface area (Å²) in [5.41, 5.74) is 6.49. The topological polar surface area (TPSA) is 95.2 Å². The Kier molecular flexibility index (Phi) is 4.26. The third-order valence-corrected chi connectivity index (χ3v) is 2.34. The van der Waals surface area contributed by atoms with E-state index in [1.807, 2.05) is 0 Å². The van der Waals surface area contributed by atoms with Crippen molar-refractivity contribution in [2.75, 3.05) is 0 Å². The van der Waals surface area contributed by atoms with Gasteiger partial charge in [0.2, 0.25) is 0 Å². The number of amides is 2. The van der Waals surface area contributed by atoms with Crippen molar-refractivity contribution in [3.8, 4) is 0 Å². The van der Waals surface area contributed by atoms with Crippen LogP contribution in [0.15, 0.2) is 24.3 Å². The van der Waals surface area contributed by atoms with E-state index in [0.29, 0.717) is 12.1 Å². The Morgan fingerprint density at radius 1 is 1.33 bits per heavy atom. The van der Waals surface area contributed by atoms with Gasteiger partial charge in [-0.3, -0.25) is 4.21 Å². The van der Waals surface area contributed by atoms with Crippen molar-refractivity contribution in [2.24, 2.45) is 5.73 Å².